The Labute approximate surface area is 83.8 Å². The Kier molecular flexibility index (Phi) is 3.68. The quantitative estimate of drug-likeness (QED) is 0.787. The molecule has 0 bridgehead atoms. The molecule has 82 valence electrons. The van der Waals surface area contributed by atoms with Gasteiger partial charge in [-0.2, -0.15) is 0 Å². The summed E-state index contributed by atoms with van der Waals surface area (Å²) in [5.41, 5.74) is 0.938. The number of benzene rings is 1. The third-order valence-electron chi connectivity index (χ3n) is 1.54. The summed E-state index contributed by atoms with van der Waals surface area (Å²) in [6.07, 6.45) is 0. The fourth-order valence-corrected chi connectivity index (χ4v) is 0.948. The molecule has 0 aromatic heterocycles. The maximum Gasteiger partial charge on any atom is 0.280 e. The molecule has 0 aliphatic rings. The average Bonchev–Trinajstić information content (AvgIpc) is 2.12. The zero-order chi connectivity index (χ0) is 11.4. The lowest BCUT2D eigenvalue weighted by atomic mass is 10.2. The summed E-state index contributed by atoms with van der Waals surface area (Å²) in [6.45, 7) is 1.73. The molecule has 0 radical (unpaired) electrons. The Hall–Kier alpha value is -1.56. The highest BCUT2D eigenvalue weighted by Gasteiger charge is 2.18. The fraction of sp³-hybridized carbons (Fsp3) is 0.222. The molecule has 0 aliphatic carbocycles. The van der Waals surface area contributed by atoms with Gasteiger partial charge in [0.05, 0.1) is 6.61 Å². The molecule has 0 unspecified atom stereocenters. The average molecular weight is 219 g/mol. The number of rotatable bonds is 3. The van der Waals surface area contributed by atoms with Crippen molar-refractivity contribution in [1.29, 1.82) is 0 Å². The van der Waals surface area contributed by atoms with Crippen molar-refractivity contribution in [2.45, 2.75) is 6.92 Å². The predicted octanol–water partition coefficient (Wildman–Crippen LogP) is 1.79. The first kappa shape index (κ1) is 11.5. The van der Waals surface area contributed by atoms with Crippen molar-refractivity contribution in [2.24, 2.45) is 0 Å². The highest BCUT2D eigenvalue weighted by molar-refractivity contribution is 5.94. The van der Waals surface area contributed by atoms with Crippen molar-refractivity contribution in [2.75, 3.05) is 6.61 Å². The van der Waals surface area contributed by atoms with Crippen LogP contribution in [-0.4, -0.2) is 12.5 Å². The van der Waals surface area contributed by atoms with E-state index in [0.29, 0.717) is 12.1 Å². The van der Waals surface area contributed by atoms with Crippen molar-refractivity contribution < 1.29 is 22.8 Å². The first-order valence-corrected chi connectivity index (χ1v) is 4.13. The molecule has 1 N–H and O–H groups in total. The van der Waals surface area contributed by atoms with Gasteiger partial charge in [-0.05, 0) is 6.92 Å². The Morgan fingerprint density at radius 2 is 1.87 bits per heavy atom. The van der Waals surface area contributed by atoms with Crippen molar-refractivity contribution >= 4 is 5.91 Å². The molecule has 0 heterocycles. The Bertz CT molecular complexity index is 359. The molecule has 6 heteroatoms. The Morgan fingerprint density at radius 1 is 1.33 bits per heavy atom. The monoisotopic (exact) mass is 219 g/mol. The van der Waals surface area contributed by atoms with E-state index in [4.69, 9.17) is 0 Å². The maximum absolute atomic E-state index is 13.0. The first-order chi connectivity index (χ1) is 7.06. The molecule has 0 saturated carbocycles. The Balaban J connectivity index is 2.98. The molecule has 0 saturated heterocycles. The summed E-state index contributed by atoms with van der Waals surface area (Å²) in [6, 6.07) is 0.841. The van der Waals surface area contributed by atoms with Crippen LogP contribution < -0.4 is 5.48 Å². The molecule has 1 aromatic carbocycles. The number of halogens is 3. The summed E-state index contributed by atoms with van der Waals surface area (Å²) in [7, 11) is 0. The zero-order valence-corrected chi connectivity index (χ0v) is 7.81. The summed E-state index contributed by atoms with van der Waals surface area (Å²) in [4.78, 5) is 15.6. The van der Waals surface area contributed by atoms with Crippen LogP contribution in [0.2, 0.25) is 0 Å². The fourth-order valence-electron chi connectivity index (χ4n) is 0.948. The minimum atomic E-state index is -1.27. The van der Waals surface area contributed by atoms with E-state index in [0.717, 1.165) is 0 Å². The van der Waals surface area contributed by atoms with Gasteiger partial charge in [-0.3, -0.25) is 9.63 Å². The number of amides is 1. The van der Waals surface area contributed by atoms with E-state index >= 15 is 0 Å². The van der Waals surface area contributed by atoms with E-state index in [1.165, 1.54) is 0 Å². The molecule has 1 amide bonds. The Morgan fingerprint density at radius 3 is 2.33 bits per heavy atom. The molecule has 0 spiro atoms. The number of carbonyl (C=O) groups excluding carboxylic acids is 1. The molecule has 1 rings (SSSR count). The second-order valence-electron chi connectivity index (χ2n) is 2.61. The third kappa shape index (κ3) is 2.69. The molecule has 0 fully saturated rings. The van der Waals surface area contributed by atoms with Gasteiger partial charge in [0.2, 0.25) is 0 Å². The van der Waals surface area contributed by atoms with Crippen LogP contribution in [-0.2, 0) is 4.84 Å². The van der Waals surface area contributed by atoms with Gasteiger partial charge in [-0.1, -0.05) is 0 Å². The molecule has 1 aromatic rings. The van der Waals surface area contributed by atoms with Crippen molar-refractivity contribution in [3.63, 3.8) is 0 Å². The molecule has 0 aliphatic heterocycles. The summed E-state index contributed by atoms with van der Waals surface area (Å²) < 4.78 is 38.5. The van der Waals surface area contributed by atoms with Gasteiger partial charge in [-0.25, -0.2) is 18.7 Å². The van der Waals surface area contributed by atoms with E-state index in [-0.39, 0.29) is 6.61 Å². The topological polar surface area (TPSA) is 38.3 Å². The first-order valence-electron chi connectivity index (χ1n) is 4.13. The van der Waals surface area contributed by atoms with Gasteiger partial charge in [0.1, 0.15) is 23.0 Å². The van der Waals surface area contributed by atoms with Gasteiger partial charge in [-0.15, -0.1) is 0 Å². The standard InChI is InChI=1S/C9H8F3NO2/c1-2-15-13-9(14)8-6(11)3-5(10)4-7(8)12/h3-4H,2H2,1H3,(H,13,14). The van der Waals surface area contributed by atoms with Crippen LogP contribution >= 0.6 is 0 Å². The second kappa shape index (κ2) is 4.79. The smallest absolute Gasteiger partial charge is 0.274 e. The zero-order valence-electron chi connectivity index (χ0n) is 7.81. The van der Waals surface area contributed by atoms with Gasteiger partial charge < -0.3 is 0 Å². The predicted molar refractivity (Wildman–Crippen MR) is 45.4 cm³/mol. The van der Waals surface area contributed by atoms with Gasteiger partial charge in [0.15, 0.2) is 0 Å². The van der Waals surface area contributed by atoms with Crippen molar-refractivity contribution in [1.82, 2.24) is 5.48 Å². The third-order valence-corrected chi connectivity index (χ3v) is 1.54. The second-order valence-corrected chi connectivity index (χ2v) is 2.61. The van der Waals surface area contributed by atoms with E-state index in [1.54, 1.807) is 6.92 Å². The van der Waals surface area contributed by atoms with Crippen LogP contribution in [0.1, 0.15) is 17.3 Å². The van der Waals surface area contributed by atoms with E-state index < -0.39 is 28.9 Å². The largest absolute Gasteiger partial charge is 0.280 e. The van der Waals surface area contributed by atoms with Crippen LogP contribution in [0, 0.1) is 17.5 Å². The van der Waals surface area contributed by atoms with Crippen LogP contribution in [0.25, 0.3) is 0 Å². The molecule has 0 atom stereocenters. The van der Waals surface area contributed by atoms with E-state index in [9.17, 15) is 18.0 Å². The number of carbonyl (C=O) groups is 1. The number of hydrogen-bond acceptors (Lipinski definition) is 2. The maximum atomic E-state index is 13.0. The minimum absolute atomic E-state index is 0.149. The lowest BCUT2D eigenvalue weighted by Gasteiger charge is -2.05. The van der Waals surface area contributed by atoms with Gasteiger partial charge in [0.25, 0.3) is 5.91 Å². The summed E-state index contributed by atoms with van der Waals surface area (Å²) in [5.74, 6) is -4.72. The van der Waals surface area contributed by atoms with E-state index in [1.807, 2.05) is 5.48 Å². The van der Waals surface area contributed by atoms with Gasteiger partial charge >= 0.3 is 0 Å². The summed E-state index contributed by atoms with van der Waals surface area (Å²) in [5, 5.41) is 0. The van der Waals surface area contributed by atoms with Crippen molar-refractivity contribution in [3.05, 3.63) is 35.1 Å². The number of nitrogens with one attached hydrogen (secondary N) is 1. The lowest BCUT2D eigenvalue weighted by Crippen LogP contribution is -2.25. The van der Waals surface area contributed by atoms with Crippen LogP contribution in [0.4, 0.5) is 13.2 Å². The highest BCUT2D eigenvalue weighted by Crippen LogP contribution is 2.14. The van der Waals surface area contributed by atoms with Crippen molar-refractivity contribution in [3.8, 4) is 0 Å². The molecule has 3 nitrogen and oxygen atoms in total. The van der Waals surface area contributed by atoms with Crippen LogP contribution in [0.5, 0.6) is 0 Å². The molecular formula is C9H8F3NO2. The SMILES string of the molecule is CCONC(=O)c1c(F)cc(F)cc1F. The molecule has 15 heavy (non-hydrogen) atoms. The minimum Gasteiger partial charge on any atom is -0.274 e. The number of hydrogen-bond donors (Lipinski definition) is 1. The lowest BCUT2D eigenvalue weighted by molar-refractivity contribution is 0.0357. The van der Waals surface area contributed by atoms with Crippen LogP contribution in [0.15, 0.2) is 12.1 Å². The number of hydroxylamine groups is 1. The normalized spacial score (nSPS) is 10.1. The molecular weight excluding hydrogens is 211 g/mol. The van der Waals surface area contributed by atoms with Gasteiger partial charge in [0, 0.05) is 12.1 Å². The van der Waals surface area contributed by atoms with E-state index in [2.05, 4.69) is 4.84 Å². The van der Waals surface area contributed by atoms with Crippen LogP contribution in [0.3, 0.4) is 0 Å². The summed E-state index contributed by atoms with van der Waals surface area (Å²) >= 11 is 0. The highest BCUT2D eigenvalue weighted by atomic mass is 19.1.